The molecule has 0 saturated carbocycles. The molecule has 0 unspecified atom stereocenters. The van der Waals surface area contributed by atoms with E-state index in [0.717, 1.165) is 0 Å². The van der Waals surface area contributed by atoms with Crippen LogP contribution in [0.2, 0.25) is 23.0 Å². The van der Waals surface area contributed by atoms with E-state index >= 15 is 0 Å². The van der Waals surface area contributed by atoms with Crippen LogP contribution in [0.3, 0.4) is 0 Å². The Kier molecular flexibility index (Phi) is 3.32. The number of hydrogen-bond acceptors (Lipinski definition) is 0. The predicted molar refractivity (Wildman–Crippen MR) is 128 cm³/mol. The first-order chi connectivity index (χ1) is 13.4. The average Bonchev–Trinajstić information content (AvgIpc) is 3.05. The van der Waals surface area contributed by atoms with Crippen molar-refractivity contribution >= 4 is 54.9 Å². The maximum absolute atomic E-state index is 2.55. The summed E-state index contributed by atoms with van der Waals surface area (Å²) in [5, 5.41) is 2.86. The van der Waals surface area contributed by atoms with E-state index in [1.807, 2.05) is 0 Å². The summed E-state index contributed by atoms with van der Waals surface area (Å²) in [5.41, 5.74) is 6.01. The van der Waals surface area contributed by atoms with E-state index in [1.165, 1.54) is 33.0 Å². The molecule has 0 amide bonds. The molecule has 0 saturated heterocycles. The third-order valence-corrected chi connectivity index (χ3v) is 22.1. The number of benzene rings is 4. The third-order valence-electron chi connectivity index (χ3n) is 7.24. The zero-order valence-corrected chi connectivity index (χ0v) is 21.1. The Morgan fingerprint density at radius 3 is 1.25 bits per heavy atom. The Hall–Kier alpha value is -1.77. The van der Waals surface area contributed by atoms with Crippen LogP contribution in [-0.4, -0.2) is 26.5 Å². The molecule has 2 aliphatic heterocycles. The third kappa shape index (κ3) is 2.03. The Morgan fingerprint density at radius 2 is 0.821 bits per heavy atom. The second kappa shape index (κ2) is 5.43. The molecule has 2 heterocycles. The van der Waals surface area contributed by atoms with E-state index in [2.05, 4.69) is 95.8 Å². The first kappa shape index (κ1) is 17.1. The van der Waals surface area contributed by atoms with Crippen molar-refractivity contribution in [1.29, 1.82) is 0 Å². The molecule has 4 aromatic rings. The van der Waals surface area contributed by atoms with Gasteiger partial charge in [-0.2, -0.15) is 0 Å². The standard InChI is InChI=1S/C26H24Ge2/c1-27(2)23-11-7-5-9-19(23)21-13-18-16-26-22(14-17(18)15-25(21)27)20-10-6-8-12-24(20)28(26,3)4/h5-16H,1-4H3. The van der Waals surface area contributed by atoms with Crippen molar-refractivity contribution in [2.75, 3.05) is 0 Å². The van der Waals surface area contributed by atoms with Crippen LogP contribution < -0.4 is 17.6 Å². The van der Waals surface area contributed by atoms with Crippen molar-refractivity contribution < 1.29 is 0 Å². The van der Waals surface area contributed by atoms with Crippen molar-refractivity contribution in [3.05, 3.63) is 72.8 Å². The zero-order valence-electron chi connectivity index (χ0n) is 16.9. The molecule has 4 aromatic carbocycles. The molecular formula is C26H24Ge2. The Labute approximate surface area is 172 Å². The van der Waals surface area contributed by atoms with Gasteiger partial charge in [-0.3, -0.25) is 0 Å². The molecular weight excluding hydrogens is 458 g/mol. The summed E-state index contributed by atoms with van der Waals surface area (Å²) in [6.45, 7) is 0. The molecule has 0 bridgehead atoms. The number of rotatable bonds is 0. The zero-order chi connectivity index (χ0) is 19.3. The van der Waals surface area contributed by atoms with Crippen LogP contribution in [-0.2, 0) is 0 Å². The van der Waals surface area contributed by atoms with Crippen LogP contribution >= 0.6 is 0 Å². The van der Waals surface area contributed by atoms with Crippen molar-refractivity contribution in [3.63, 3.8) is 0 Å². The first-order valence-electron chi connectivity index (χ1n) is 10.2. The molecule has 0 aliphatic carbocycles. The summed E-state index contributed by atoms with van der Waals surface area (Å²) in [5.74, 6) is 10.2. The molecule has 0 N–H and O–H groups in total. The molecule has 0 atom stereocenters. The molecule has 0 nitrogen and oxygen atoms in total. The van der Waals surface area contributed by atoms with Gasteiger partial charge in [-0.05, 0) is 0 Å². The Balaban J connectivity index is 1.68. The van der Waals surface area contributed by atoms with Gasteiger partial charge in [0.25, 0.3) is 0 Å². The van der Waals surface area contributed by atoms with E-state index in [9.17, 15) is 0 Å². The fourth-order valence-electron chi connectivity index (χ4n) is 5.65. The molecule has 0 spiro atoms. The van der Waals surface area contributed by atoms with Gasteiger partial charge < -0.3 is 0 Å². The molecule has 2 heteroatoms. The summed E-state index contributed by atoms with van der Waals surface area (Å²) in [7, 11) is 0. The molecule has 136 valence electrons. The van der Waals surface area contributed by atoms with E-state index in [0.29, 0.717) is 0 Å². The van der Waals surface area contributed by atoms with Gasteiger partial charge in [-0.15, -0.1) is 0 Å². The van der Waals surface area contributed by atoms with Gasteiger partial charge >= 0.3 is 173 Å². The van der Waals surface area contributed by atoms with Crippen LogP contribution in [0.15, 0.2) is 72.8 Å². The summed E-state index contributed by atoms with van der Waals surface area (Å²) in [6.07, 6.45) is 0. The van der Waals surface area contributed by atoms with Gasteiger partial charge in [-0.25, -0.2) is 0 Å². The Morgan fingerprint density at radius 1 is 0.429 bits per heavy atom. The van der Waals surface area contributed by atoms with Gasteiger partial charge in [-0.1, -0.05) is 0 Å². The van der Waals surface area contributed by atoms with Crippen LogP contribution in [0.1, 0.15) is 0 Å². The molecule has 0 radical (unpaired) electrons. The minimum atomic E-state index is -2.20. The topological polar surface area (TPSA) is 0 Å². The summed E-state index contributed by atoms with van der Waals surface area (Å²) in [6, 6.07) is 28.4. The first-order valence-corrected chi connectivity index (χ1v) is 22.8. The van der Waals surface area contributed by atoms with Gasteiger partial charge in [0.15, 0.2) is 0 Å². The maximum atomic E-state index is 2.55. The summed E-state index contributed by atoms with van der Waals surface area (Å²) >= 11 is -4.40. The van der Waals surface area contributed by atoms with E-state index in [1.54, 1.807) is 17.6 Å². The van der Waals surface area contributed by atoms with Crippen LogP contribution in [0.25, 0.3) is 33.0 Å². The Bertz CT molecular complexity index is 1210. The molecule has 28 heavy (non-hydrogen) atoms. The summed E-state index contributed by atoms with van der Waals surface area (Å²) in [4.78, 5) is 0. The van der Waals surface area contributed by atoms with Crippen molar-refractivity contribution in [3.8, 4) is 22.3 Å². The van der Waals surface area contributed by atoms with Gasteiger partial charge in [0.05, 0.1) is 0 Å². The van der Waals surface area contributed by atoms with Crippen LogP contribution in [0, 0.1) is 0 Å². The van der Waals surface area contributed by atoms with Crippen molar-refractivity contribution in [2.24, 2.45) is 0 Å². The van der Waals surface area contributed by atoms with Gasteiger partial charge in [0.2, 0.25) is 0 Å². The minimum absolute atomic E-state index is 1.43. The monoisotopic (exact) mass is 484 g/mol. The SMILES string of the molecule is [CH3][Ge]1([CH3])[c]2ccccc2-c2cc3c[c]4c(cc3c[c]21)-c1cccc[c]1[Ge]4([CH3])[CH3]. The second-order valence-electron chi connectivity index (χ2n) is 9.48. The quantitative estimate of drug-likeness (QED) is 0.326. The molecule has 0 aromatic heterocycles. The molecule has 6 rings (SSSR count). The normalized spacial score (nSPS) is 17.1. The predicted octanol–water partition coefficient (Wildman–Crippen LogP) is 4.45. The fourth-order valence-corrected chi connectivity index (χ4v) is 18.6. The van der Waals surface area contributed by atoms with Crippen molar-refractivity contribution in [1.82, 2.24) is 0 Å². The van der Waals surface area contributed by atoms with Crippen LogP contribution in [0.5, 0.6) is 0 Å². The summed E-state index contributed by atoms with van der Waals surface area (Å²) < 4.78 is 6.59. The second-order valence-corrected chi connectivity index (χ2v) is 27.6. The van der Waals surface area contributed by atoms with E-state index < -0.39 is 26.5 Å². The number of hydrogen-bond donors (Lipinski definition) is 0. The van der Waals surface area contributed by atoms with E-state index in [-0.39, 0.29) is 0 Å². The van der Waals surface area contributed by atoms with Crippen molar-refractivity contribution in [2.45, 2.75) is 23.0 Å². The van der Waals surface area contributed by atoms with Gasteiger partial charge in [0, 0.05) is 0 Å². The van der Waals surface area contributed by atoms with Gasteiger partial charge in [0.1, 0.15) is 0 Å². The number of fused-ring (bicyclic) bond motifs is 7. The molecule has 2 aliphatic rings. The van der Waals surface area contributed by atoms with E-state index in [4.69, 9.17) is 0 Å². The average molecular weight is 482 g/mol. The van der Waals surface area contributed by atoms with Crippen LogP contribution in [0.4, 0.5) is 0 Å². The molecule has 0 fully saturated rings. The fraction of sp³-hybridized carbons (Fsp3) is 0.154.